The summed E-state index contributed by atoms with van der Waals surface area (Å²) < 4.78 is 4.65. The van der Waals surface area contributed by atoms with Crippen LogP contribution in [0, 0.1) is 11.8 Å². The first-order chi connectivity index (χ1) is 9.11. The van der Waals surface area contributed by atoms with Gasteiger partial charge in [-0.25, -0.2) is 0 Å². The van der Waals surface area contributed by atoms with Crippen molar-refractivity contribution in [2.45, 2.75) is 6.92 Å². The average molecular weight is 269 g/mol. The molecule has 0 aromatic rings. The number of hydrogen-bond donors (Lipinski definition) is 1. The Morgan fingerprint density at radius 3 is 2.42 bits per heavy atom. The Morgan fingerprint density at radius 1 is 1.21 bits per heavy atom. The van der Waals surface area contributed by atoms with Crippen molar-refractivity contribution < 1.29 is 14.3 Å². The van der Waals surface area contributed by atoms with E-state index in [9.17, 15) is 9.59 Å². The molecule has 1 amide bonds. The minimum absolute atomic E-state index is 0.118. The monoisotopic (exact) mass is 269 g/mol. The molecule has 0 aliphatic carbocycles. The van der Waals surface area contributed by atoms with E-state index in [-0.39, 0.29) is 17.8 Å². The van der Waals surface area contributed by atoms with Crippen molar-refractivity contribution in [3.05, 3.63) is 0 Å². The van der Waals surface area contributed by atoms with Crippen LogP contribution in [0.4, 0.5) is 0 Å². The minimum Gasteiger partial charge on any atom is -0.468 e. The van der Waals surface area contributed by atoms with Gasteiger partial charge in [0.2, 0.25) is 5.91 Å². The normalized spacial score (nSPS) is 28.4. The lowest BCUT2D eigenvalue weighted by atomic mass is 9.96. The summed E-state index contributed by atoms with van der Waals surface area (Å²) in [5.41, 5.74) is 0. The molecule has 0 radical (unpaired) electrons. The zero-order valence-corrected chi connectivity index (χ0v) is 11.7. The molecule has 2 aliphatic heterocycles. The van der Waals surface area contributed by atoms with Crippen LogP contribution in [-0.4, -0.2) is 74.6 Å². The summed E-state index contributed by atoms with van der Waals surface area (Å²) in [7, 11) is 1.40. The molecule has 2 saturated heterocycles. The highest BCUT2D eigenvalue weighted by atomic mass is 16.5. The van der Waals surface area contributed by atoms with E-state index in [0.29, 0.717) is 25.6 Å². The van der Waals surface area contributed by atoms with Gasteiger partial charge in [0.1, 0.15) is 0 Å². The Labute approximate surface area is 114 Å². The van der Waals surface area contributed by atoms with Crippen LogP contribution < -0.4 is 5.32 Å². The van der Waals surface area contributed by atoms with Gasteiger partial charge in [-0.15, -0.1) is 0 Å². The van der Waals surface area contributed by atoms with E-state index in [1.807, 2.05) is 9.80 Å². The second kappa shape index (κ2) is 6.34. The van der Waals surface area contributed by atoms with Gasteiger partial charge in [0.15, 0.2) is 0 Å². The predicted molar refractivity (Wildman–Crippen MR) is 70.6 cm³/mol. The van der Waals surface area contributed by atoms with Crippen molar-refractivity contribution in [3.8, 4) is 0 Å². The van der Waals surface area contributed by atoms with Crippen LogP contribution in [0.2, 0.25) is 0 Å². The molecular weight excluding hydrogens is 246 g/mol. The number of carbonyl (C=O) groups excluding carboxylic acids is 2. The number of esters is 1. The van der Waals surface area contributed by atoms with Gasteiger partial charge in [0.25, 0.3) is 0 Å². The molecule has 2 heterocycles. The standard InChI is InChI=1S/C13H23N3O3/c1-10-7-14-8-11(10)13(18)16-5-3-15(4-6-16)9-12(17)19-2/h10-11,14H,3-9H2,1-2H3. The van der Waals surface area contributed by atoms with Crippen LogP contribution in [0.25, 0.3) is 0 Å². The van der Waals surface area contributed by atoms with E-state index >= 15 is 0 Å². The first-order valence-electron chi connectivity index (χ1n) is 6.90. The van der Waals surface area contributed by atoms with E-state index in [4.69, 9.17) is 0 Å². The van der Waals surface area contributed by atoms with Crippen LogP contribution in [0.15, 0.2) is 0 Å². The second-order valence-corrected chi connectivity index (χ2v) is 5.42. The van der Waals surface area contributed by atoms with Crippen molar-refractivity contribution in [1.82, 2.24) is 15.1 Å². The molecule has 0 bridgehead atoms. The summed E-state index contributed by atoms with van der Waals surface area (Å²) in [6, 6.07) is 0. The maximum atomic E-state index is 12.4. The molecule has 1 N–H and O–H groups in total. The second-order valence-electron chi connectivity index (χ2n) is 5.42. The average Bonchev–Trinajstić information content (AvgIpc) is 2.85. The highest BCUT2D eigenvalue weighted by Gasteiger charge is 2.34. The summed E-state index contributed by atoms with van der Waals surface area (Å²) in [4.78, 5) is 27.5. The number of rotatable bonds is 3. The Bertz CT molecular complexity index is 340. The number of piperazine rings is 1. The highest BCUT2D eigenvalue weighted by molar-refractivity contribution is 5.80. The van der Waals surface area contributed by atoms with Gasteiger partial charge >= 0.3 is 5.97 Å². The predicted octanol–water partition coefficient (Wildman–Crippen LogP) is -0.841. The van der Waals surface area contributed by atoms with Gasteiger partial charge in [-0.1, -0.05) is 6.92 Å². The summed E-state index contributed by atoms with van der Waals surface area (Å²) in [6.45, 7) is 7.07. The third kappa shape index (κ3) is 3.45. The van der Waals surface area contributed by atoms with Crippen LogP contribution in [0.5, 0.6) is 0 Å². The molecule has 108 valence electrons. The molecule has 6 heteroatoms. The number of methoxy groups -OCH3 is 1. The summed E-state index contributed by atoms with van der Waals surface area (Å²) >= 11 is 0. The Hall–Kier alpha value is -1.14. The number of hydrogen-bond acceptors (Lipinski definition) is 5. The largest absolute Gasteiger partial charge is 0.468 e. The molecule has 0 spiro atoms. The lowest BCUT2D eigenvalue weighted by Crippen LogP contribution is -2.52. The number of nitrogens with one attached hydrogen (secondary N) is 1. The van der Waals surface area contributed by atoms with Crippen molar-refractivity contribution in [3.63, 3.8) is 0 Å². The summed E-state index contributed by atoms with van der Waals surface area (Å²) in [5.74, 6) is 0.580. The fourth-order valence-corrected chi connectivity index (χ4v) is 2.75. The third-order valence-electron chi connectivity index (χ3n) is 4.10. The topological polar surface area (TPSA) is 61.9 Å². The van der Waals surface area contributed by atoms with Crippen molar-refractivity contribution in [1.29, 1.82) is 0 Å². The zero-order chi connectivity index (χ0) is 13.8. The number of ether oxygens (including phenoxy) is 1. The summed E-state index contributed by atoms with van der Waals surface area (Å²) in [5, 5.41) is 3.27. The van der Waals surface area contributed by atoms with Crippen LogP contribution >= 0.6 is 0 Å². The van der Waals surface area contributed by atoms with E-state index in [1.54, 1.807) is 0 Å². The van der Waals surface area contributed by atoms with Crippen LogP contribution in [-0.2, 0) is 14.3 Å². The van der Waals surface area contributed by atoms with Gasteiger partial charge in [0.05, 0.1) is 19.6 Å². The fraction of sp³-hybridized carbons (Fsp3) is 0.846. The van der Waals surface area contributed by atoms with Crippen LogP contribution in [0.3, 0.4) is 0 Å². The van der Waals surface area contributed by atoms with Gasteiger partial charge in [-0.3, -0.25) is 14.5 Å². The Balaban J connectivity index is 1.79. The highest BCUT2D eigenvalue weighted by Crippen LogP contribution is 2.19. The Kier molecular flexibility index (Phi) is 4.76. The van der Waals surface area contributed by atoms with E-state index in [1.165, 1.54) is 7.11 Å². The first-order valence-corrected chi connectivity index (χ1v) is 6.90. The lowest BCUT2D eigenvalue weighted by Gasteiger charge is -2.35. The molecule has 0 saturated carbocycles. The quantitative estimate of drug-likeness (QED) is 0.677. The maximum Gasteiger partial charge on any atom is 0.319 e. The first kappa shape index (κ1) is 14.3. The maximum absolute atomic E-state index is 12.4. The molecule has 2 fully saturated rings. The number of amides is 1. The van der Waals surface area contributed by atoms with Gasteiger partial charge < -0.3 is 15.0 Å². The molecule has 2 rings (SSSR count). The lowest BCUT2D eigenvalue weighted by molar-refractivity contribution is -0.143. The van der Waals surface area contributed by atoms with Crippen molar-refractivity contribution in [2.24, 2.45) is 11.8 Å². The van der Waals surface area contributed by atoms with Crippen molar-refractivity contribution in [2.75, 3.05) is 52.9 Å². The molecule has 2 aliphatic rings. The molecule has 2 unspecified atom stereocenters. The molecule has 0 aromatic heterocycles. The summed E-state index contributed by atoms with van der Waals surface area (Å²) in [6.07, 6.45) is 0. The molecule has 6 nitrogen and oxygen atoms in total. The van der Waals surface area contributed by atoms with E-state index < -0.39 is 0 Å². The SMILES string of the molecule is COC(=O)CN1CCN(C(=O)C2CNCC2C)CC1. The van der Waals surface area contributed by atoms with Gasteiger partial charge in [0, 0.05) is 32.7 Å². The van der Waals surface area contributed by atoms with E-state index in [0.717, 1.165) is 26.2 Å². The number of carbonyl (C=O) groups is 2. The smallest absolute Gasteiger partial charge is 0.319 e. The molecule has 2 atom stereocenters. The molecule has 0 aromatic carbocycles. The van der Waals surface area contributed by atoms with Gasteiger partial charge in [-0.2, -0.15) is 0 Å². The zero-order valence-electron chi connectivity index (χ0n) is 11.7. The number of nitrogens with zero attached hydrogens (tertiary/aromatic N) is 2. The van der Waals surface area contributed by atoms with Crippen molar-refractivity contribution >= 4 is 11.9 Å². The third-order valence-corrected chi connectivity index (χ3v) is 4.10. The minimum atomic E-state index is -0.214. The Morgan fingerprint density at radius 2 is 1.89 bits per heavy atom. The van der Waals surface area contributed by atoms with Crippen LogP contribution in [0.1, 0.15) is 6.92 Å². The molecule has 19 heavy (non-hydrogen) atoms. The van der Waals surface area contributed by atoms with Gasteiger partial charge in [-0.05, 0) is 12.5 Å². The molecular formula is C13H23N3O3. The van der Waals surface area contributed by atoms with E-state index in [2.05, 4.69) is 17.0 Å². The fourth-order valence-electron chi connectivity index (χ4n) is 2.75.